The van der Waals surface area contributed by atoms with Crippen LogP contribution >= 0.6 is 38.5 Å². The van der Waals surface area contributed by atoms with Crippen LogP contribution in [0.25, 0.3) is 0 Å². The molecule has 0 heterocycles. The number of carbonyl (C=O) groups is 1. The molecule has 2 rings (SSSR count). The molecule has 0 aliphatic rings. The van der Waals surface area contributed by atoms with Crippen molar-refractivity contribution in [1.82, 2.24) is 0 Å². The van der Waals surface area contributed by atoms with Crippen LogP contribution in [0.2, 0.25) is 0 Å². The lowest BCUT2D eigenvalue weighted by molar-refractivity contribution is 0.0991. The largest absolute Gasteiger partial charge is 0.494 e. The molecule has 5 heteroatoms. The molecule has 0 saturated heterocycles. The smallest absolute Gasteiger partial charge is 0.168 e. The number of ketones is 1. The normalized spacial score (nSPS) is 10.4. The van der Waals surface area contributed by atoms with Crippen molar-refractivity contribution in [3.8, 4) is 5.75 Å². The molecule has 0 aromatic heterocycles. The number of Topliss-reactive ketones (excluding diaryl/α,β-unsaturated/α-hetero) is 1. The molecule has 0 aliphatic heterocycles. The summed E-state index contributed by atoms with van der Waals surface area (Å²) < 4.78 is 20.6. The van der Waals surface area contributed by atoms with E-state index < -0.39 is 5.82 Å². The van der Waals surface area contributed by atoms with Crippen molar-refractivity contribution in [2.45, 2.75) is 6.42 Å². The van der Waals surface area contributed by atoms with E-state index in [9.17, 15) is 9.18 Å². The zero-order chi connectivity index (χ0) is 14.7. The molecule has 0 atom stereocenters. The van der Waals surface area contributed by atoms with Crippen LogP contribution in [0.3, 0.4) is 0 Å². The molecule has 0 saturated carbocycles. The summed E-state index contributed by atoms with van der Waals surface area (Å²) in [5.74, 6) is -0.449. The maximum Gasteiger partial charge on any atom is 0.168 e. The molecule has 0 fully saturated rings. The van der Waals surface area contributed by atoms with Gasteiger partial charge >= 0.3 is 0 Å². The first-order valence-corrected chi connectivity index (χ1v) is 7.69. The van der Waals surface area contributed by atoms with Crippen molar-refractivity contribution in [2.75, 3.05) is 7.11 Å². The molecule has 0 bridgehead atoms. The lowest BCUT2D eigenvalue weighted by Crippen LogP contribution is -2.07. The molecule has 0 amide bonds. The van der Waals surface area contributed by atoms with Crippen molar-refractivity contribution in [3.05, 3.63) is 61.4 Å². The van der Waals surface area contributed by atoms with Gasteiger partial charge in [0, 0.05) is 20.0 Å². The second-order valence-electron chi connectivity index (χ2n) is 4.16. The van der Waals surface area contributed by atoms with Crippen LogP contribution in [0.15, 0.2) is 40.9 Å². The first-order valence-electron chi connectivity index (χ1n) is 5.82. The molecule has 0 radical (unpaired) electrons. The van der Waals surface area contributed by atoms with Gasteiger partial charge in [0.2, 0.25) is 0 Å². The average Bonchev–Trinajstić information content (AvgIpc) is 2.43. The number of carbonyl (C=O) groups excluding carboxylic acids is 1. The van der Waals surface area contributed by atoms with Gasteiger partial charge in [-0.2, -0.15) is 0 Å². The highest BCUT2D eigenvalue weighted by atomic mass is 127. The Bertz CT molecular complexity index is 658. The predicted octanol–water partition coefficient (Wildman–Crippen LogP) is 4.63. The number of methoxy groups -OCH3 is 1. The Morgan fingerprint density at radius 2 is 2.10 bits per heavy atom. The SMILES string of the molecule is COc1cccc(CC(=O)c2cc(Br)ccc2I)c1F. The van der Waals surface area contributed by atoms with Crippen molar-refractivity contribution in [3.63, 3.8) is 0 Å². The third-order valence-electron chi connectivity index (χ3n) is 2.84. The van der Waals surface area contributed by atoms with Gasteiger partial charge in [-0.05, 0) is 52.4 Å². The highest BCUT2D eigenvalue weighted by Crippen LogP contribution is 2.24. The van der Waals surface area contributed by atoms with Crippen LogP contribution in [-0.4, -0.2) is 12.9 Å². The Hall–Kier alpha value is -0.950. The molecule has 2 nitrogen and oxygen atoms in total. The van der Waals surface area contributed by atoms with Crippen LogP contribution in [0.4, 0.5) is 4.39 Å². The molecular formula is C15H11BrFIO2. The summed E-state index contributed by atoms with van der Waals surface area (Å²) in [6, 6.07) is 10.3. The molecule has 104 valence electrons. The van der Waals surface area contributed by atoms with Gasteiger partial charge in [0.15, 0.2) is 17.3 Å². The average molecular weight is 449 g/mol. The van der Waals surface area contributed by atoms with Gasteiger partial charge in [0.05, 0.1) is 7.11 Å². The van der Waals surface area contributed by atoms with E-state index in [0.717, 1.165) is 8.04 Å². The van der Waals surface area contributed by atoms with Gasteiger partial charge in [-0.3, -0.25) is 4.79 Å². The van der Waals surface area contributed by atoms with Crippen molar-refractivity contribution < 1.29 is 13.9 Å². The minimum atomic E-state index is -0.478. The highest BCUT2D eigenvalue weighted by Gasteiger charge is 2.15. The fraction of sp³-hybridized carbons (Fsp3) is 0.133. The van der Waals surface area contributed by atoms with Gasteiger partial charge < -0.3 is 4.74 Å². The number of hydrogen-bond acceptors (Lipinski definition) is 2. The molecule has 0 spiro atoms. The Labute approximate surface area is 138 Å². The van der Waals surface area contributed by atoms with Crippen molar-refractivity contribution in [2.24, 2.45) is 0 Å². The number of rotatable bonds is 4. The molecule has 2 aromatic carbocycles. The van der Waals surface area contributed by atoms with Crippen molar-refractivity contribution in [1.29, 1.82) is 0 Å². The third kappa shape index (κ3) is 3.38. The first kappa shape index (κ1) is 15.4. The van der Waals surface area contributed by atoms with E-state index in [1.165, 1.54) is 13.2 Å². The second-order valence-corrected chi connectivity index (χ2v) is 6.24. The standard InChI is InChI=1S/C15H11BrFIO2/c1-20-14-4-2-3-9(15(14)17)7-13(19)11-8-10(16)5-6-12(11)18/h2-6,8H,7H2,1H3. The molecular weight excluding hydrogens is 438 g/mol. The van der Waals surface area contributed by atoms with Gasteiger partial charge in [-0.15, -0.1) is 0 Å². The summed E-state index contributed by atoms with van der Waals surface area (Å²) in [6.45, 7) is 0. The lowest BCUT2D eigenvalue weighted by atomic mass is 10.0. The highest BCUT2D eigenvalue weighted by molar-refractivity contribution is 14.1. The lowest BCUT2D eigenvalue weighted by Gasteiger charge is -2.08. The fourth-order valence-corrected chi connectivity index (χ4v) is 2.83. The molecule has 0 unspecified atom stereocenters. The zero-order valence-electron chi connectivity index (χ0n) is 10.6. The second kappa shape index (κ2) is 6.67. The minimum absolute atomic E-state index is 0.00941. The van der Waals surface area contributed by atoms with E-state index in [4.69, 9.17) is 4.74 Å². The van der Waals surface area contributed by atoms with Gasteiger partial charge in [-0.25, -0.2) is 4.39 Å². The Morgan fingerprint density at radius 1 is 1.35 bits per heavy atom. The Balaban J connectivity index is 2.30. The molecule has 20 heavy (non-hydrogen) atoms. The molecule has 2 aromatic rings. The number of ether oxygens (including phenoxy) is 1. The van der Waals surface area contributed by atoms with Gasteiger partial charge in [0.25, 0.3) is 0 Å². The first-order chi connectivity index (χ1) is 9.52. The monoisotopic (exact) mass is 448 g/mol. The van der Waals surface area contributed by atoms with E-state index >= 15 is 0 Å². The van der Waals surface area contributed by atoms with E-state index in [1.807, 2.05) is 12.1 Å². The van der Waals surface area contributed by atoms with Crippen LogP contribution < -0.4 is 4.74 Å². The quantitative estimate of drug-likeness (QED) is 0.503. The Kier molecular flexibility index (Phi) is 5.15. The summed E-state index contributed by atoms with van der Waals surface area (Å²) in [6.07, 6.45) is 0.00941. The van der Waals surface area contributed by atoms with Crippen LogP contribution in [-0.2, 0) is 6.42 Å². The summed E-state index contributed by atoms with van der Waals surface area (Å²) in [5, 5.41) is 0. The summed E-state index contributed by atoms with van der Waals surface area (Å²) >= 11 is 5.44. The topological polar surface area (TPSA) is 26.3 Å². The summed E-state index contributed by atoms with van der Waals surface area (Å²) in [7, 11) is 1.40. The number of halogens is 3. The van der Waals surface area contributed by atoms with Crippen LogP contribution in [0, 0.1) is 9.39 Å². The third-order valence-corrected chi connectivity index (χ3v) is 4.28. The van der Waals surface area contributed by atoms with Crippen LogP contribution in [0.5, 0.6) is 5.75 Å². The van der Waals surface area contributed by atoms with E-state index in [2.05, 4.69) is 38.5 Å². The van der Waals surface area contributed by atoms with E-state index in [1.54, 1.807) is 18.2 Å². The summed E-state index contributed by atoms with van der Waals surface area (Å²) in [4.78, 5) is 12.3. The van der Waals surface area contributed by atoms with Gasteiger partial charge in [-0.1, -0.05) is 28.1 Å². The van der Waals surface area contributed by atoms with E-state index in [0.29, 0.717) is 11.1 Å². The van der Waals surface area contributed by atoms with Crippen molar-refractivity contribution >= 4 is 44.3 Å². The maximum absolute atomic E-state index is 14.0. The Morgan fingerprint density at radius 3 is 2.80 bits per heavy atom. The summed E-state index contributed by atoms with van der Waals surface area (Å²) in [5.41, 5.74) is 0.923. The zero-order valence-corrected chi connectivity index (χ0v) is 14.4. The molecule has 0 N–H and O–H groups in total. The number of hydrogen-bond donors (Lipinski definition) is 0. The fourth-order valence-electron chi connectivity index (χ4n) is 1.83. The predicted molar refractivity (Wildman–Crippen MR) is 87.8 cm³/mol. The molecule has 0 aliphatic carbocycles. The van der Waals surface area contributed by atoms with E-state index in [-0.39, 0.29) is 18.0 Å². The minimum Gasteiger partial charge on any atom is -0.494 e. The van der Waals surface area contributed by atoms with Crippen LogP contribution in [0.1, 0.15) is 15.9 Å². The number of benzene rings is 2. The van der Waals surface area contributed by atoms with Gasteiger partial charge in [0.1, 0.15) is 0 Å². The maximum atomic E-state index is 14.0.